The molecular formula is C17H22N3O2. The molecule has 1 atom stereocenters. The zero-order chi connectivity index (χ0) is 15.1. The molecule has 2 aliphatic carbocycles. The van der Waals surface area contributed by atoms with E-state index in [0.29, 0.717) is 30.0 Å². The second kappa shape index (κ2) is 5.52. The van der Waals surface area contributed by atoms with Crippen LogP contribution in [0, 0.1) is 12.8 Å². The molecule has 5 heteroatoms. The number of likely N-dealkylation sites (tertiary alicyclic amines) is 1. The van der Waals surface area contributed by atoms with Crippen LogP contribution in [0.3, 0.4) is 0 Å². The normalized spacial score (nSPS) is 24.6. The third-order valence-electron chi connectivity index (χ3n) is 4.74. The van der Waals surface area contributed by atoms with Gasteiger partial charge in [-0.3, -0.25) is 9.78 Å². The zero-order valence-electron chi connectivity index (χ0n) is 12.8. The Balaban J connectivity index is 1.56. The Bertz CT molecular complexity index is 581. The summed E-state index contributed by atoms with van der Waals surface area (Å²) in [6, 6.07) is 0.0493. The minimum absolute atomic E-state index is 0.0493. The van der Waals surface area contributed by atoms with Crippen molar-refractivity contribution in [3.63, 3.8) is 0 Å². The zero-order valence-corrected chi connectivity index (χ0v) is 12.8. The molecule has 1 aromatic heterocycles. The number of aromatic nitrogens is 2. The van der Waals surface area contributed by atoms with Gasteiger partial charge in [-0.15, -0.1) is 0 Å². The van der Waals surface area contributed by atoms with Gasteiger partial charge in [0.25, 0.3) is 5.91 Å². The Morgan fingerprint density at radius 3 is 2.77 bits per heavy atom. The summed E-state index contributed by atoms with van der Waals surface area (Å²) in [5.74, 6) is 1.65. The molecule has 0 aromatic carbocycles. The van der Waals surface area contributed by atoms with Gasteiger partial charge < -0.3 is 9.64 Å². The van der Waals surface area contributed by atoms with E-state index in [1.54, 1.807) is 11.1 Å². The molecule has 0 unspecified atom stereocenters. The van der Waals surface area contributed by atoms with E-state index >= 15 is 0 Å². The molecule has 1 amide bonds. The van der Waals surface area contributed by atoms with Crippen molar-refractivity contribution in [3.8, 4) is 5.88 Å². The number of carbonyl (C=O) groups is 1. The van der Waals surface area contributed by atoms with Crippen molar-refractivity contribution >= 4 is 5.91 Å². The summed E-state index contributed by atoms with van der Waals surface area (Å²) in [7, 11) is 0. The maximum Gasteiger partial charge on any atom is 0.274 e. The summed E-state index contributed by atoms with van der Waals surface area (Å²) in [6.07, 6.45) is 8.36. The molecule has 3 aliphatic rings. The van der Waals surface area contributed by atoms with Crippen LogP contribution < -0.4 is 4.74 Å². The average Bonchev–Trinajstić information content (AvgIpc) is 3.44. The van der Waals surface area contributed by atoms with Gasteiger partial charge in [0.1, 0.15) is 5.69 Å². The predicted molar refractivity (Wildman–Crippen MR) is 81.6 cm³/mol. The number of hydrogen-bond acceptors (Lipinski definition) is 4. The van der Waals surface area contributed by atoms with Crippen LogP contribution in [0.15, 0.2) is 6.20 Å². The first kappa shape index (κ1) is 14.0. The molecule has 1 saturated heterocycles. The van der Waals surface area contributed by atoms with Crippen molar-refractivity contribution in [1.29, 1.82) is 0 Å². The van der Waals surface area contributed by atoms with E-state index in [1.807, 2.05) is 0 Å². The molecule has 5 nitrogen and oxygen atoms in total. The lowest BCUT2D eigenvalue weighted by atomic mass is 10.2. The van der Waals surface area contributed by atoms with Crippen molar-refractivity contribution < 1.29 is 9.53 Å². The highest BCUT2D eigenvalue weighted by Crippen LogP contribution is 2.43. The van der Waals surface area contributed by atoms with Crippen LogP contribution in [-0.2, 0) is 0 Å². The van der Waals surface area contributed by atoms with E-state index in [2.05, 4.69) is 16.9 Å². The second-order valence-corrected chi connectivity index (χ2v) is 6.77. The molecule has 3 fully saturated rings. The van der Waals surface area contributed by atoms with Crippen LogP contribution in [-0.4, -0.2) is 40.0 Å². The summed E-state index contributed by atoms with van der Waals surface area (Å²) in [6.45, 7) is 5.50. The highest BCUT2D eigenvalue weighted by atomic mass is 16.5. The summed E-state index contributed by atoms with van der Waals surface area (Å²) in [5, 5.41) is 0. The summed E-state index contributed by atoms with van der Waals surface area (Å²) >= 11 is 0. The van der Waals surface area contributed by atoms with Crippen molar-refractivity contribution in [2.24, 2.45) is 5.92 Å². The van der Waals surface area contributed by atoms with Crippen molar-refractivity contribution in [2.45, 2.75) is 50.5 Å². The molecule has 22 heavy (non-hydrogen) atoms. The molecule has 0 spiro atoms. The van der Waals surface area contributed by atoms with Crippen molar-refractivity contribution in [1.82, 2.24) is 14.9 Å². The monoisotopic (exact) mass is 300 g/mol. The number of carbonyl (C=O) groups excluding carboxylic acids is 1. The topological polar surface area (TPSA) is 55.3 Å². The van der Waals surface area contributed by atoms with Gasteiger partial charge >= 0.3 is 0 Å². The minimum atomic E-state index is -0.0661. The molecule has 2 heterocycles. The highest BCUT2D eigenvalue weighted by Gasteiger charge is 2.33. The fourth-order valence-electron chi connectivity index (χ4n) is 2.96. The second-order valence-electron chi connectivity index (χ2n) is 6.77. The lowest BCUT2D eigenvalue weighted by Gasteiger charge is -2.21. The fourth-order valence-corrected chi connectivity index (χ4v) is 2.96. The van der Waals surface area contributed by atoms with Crippen molar-refractivity contribution in [3.05, 3.63) is 24.5 Å². The first-order valence-corrected chi connectivity index (χ1v) is 8.36. The van der Waals surface area contributed by atoms with Crippen LogP contribution >= 0.6 is 0 Å². The van der Waals surface area contributed by atoms with E-state index in [9.17, 15) is 4.79 Å². The van der Waals surface area contributed by atoms with Crippen molar-refractivity contribution in [2.75, 3.05) is 13.2 Å². The predicted octanol–water partition coefficient (Wildman–Crippen LogP) is 2.58. The smallest absolute Gasteiger partial charge is 0.274 e. The van der Waals surface area contributed by atoms with Gasteiger partial charge in [0.2, 0.25) is 5.88 Å². The third kappa shape index (κ3) is 2.81. The number of amides is 1. The first-order valence-electron chi connectivity index (χ1n) is 8.36. The Labute approximate surface area is 131 Å². The lowest BCUT2D eigenvalue weighted by Crippen LogP contribution is -2.34. The lowest BCUT2D eigenvalue weighted by molar-refractivity contribution is 0.0752. The molecule has 4 rings (SSSR count). The number of nitrogens with zero attached hydrogens (tertiary/aromatic N) is 3. The SMILES string of the molecule is [CH2][C@H]1CCCN1C(=O)c1cnc(C2CC2)c(OCC2CC2)n1. The quantitative estimate of drug-likeness (QED) is 0.838. The molecule has 1 aromatic rings. The van der Waals surface area contributed by atoms with Gasteiger partial charge in [0.05, 0.1) is 12.8 Å². The van der Waals surface area contributed by atoms with Crippen LogP contribution in [0.25, 0.3) is 0 Å². The van der Waals surface area contributed by atoms with E-state index < -0.39 is 0 Å². The van der Waals surface area contributed by atoms with E-state index in [1.165, 1.54) is 12.8 Å². The molecular weight excluding hydrogens is 278 g/mol. The molecule has 0 N–H and O–H groups in total. The fraction of sp³-hybridized carbons (Fsp3) is 0.647. The van der Waals surface area contributed by atoms with E-state index in [4.69, 9.17) is 4.74 Å². The number of hydrogen-bond donors (Lipinski definition) is 0. The minimum Gasteiger partial charge on any atom is -0.476 e. The van der Waals surface area contributed by atoms with Crippen LogP contribution in [0.1, 0.15) is 60.6 Å². The summed E-state index contributed by atoms with van der Waals surface area (Å²) < 4.78 is 5.88. The van der Waals surface area contributed by atoms with Gasteiger partial charge in [-0.25, -0.2) is 4.98 Å². The Morgan fingerprint density at radius 1 is 1.32 bits per heavy atom. The van der Waals surface area contributed by atoms with Crippen LogP contribution in [0.4, 0.5) is 0 Å². The van der Waals surface area contributed by atoms with Gasteiger partial charge in [0.15, 0.2) is 5.69 Å². The van der Waals surface area contributed by atoms with Gasteiger partial charge in [-0.05, 0) is 51.4 Å². The van der Waals surface area contributed by atoms with Crippen LogP contribution in [0.5, 0.6) is 5.88 Å². The Kier molecular flexibility index (Phi) is 3.51. The summed E-state index contributed by atoms with van der Waals surface area (Å²) in [5.41, 5.74) is 1.33. The molecule has 117 valence electrons. The molecule has 1 radical (unpaired) electrons. The Morgan fingerprint density at radius 2 is 2.14 bits per heavy atom. The molecule has 1 aliphatic heterocycles. The number of rotatable bonds is 5. The average molecular weight is 300 g/mol. The third-order valence-corrected chi connectivity index (χ3v) is 4.74. The van der Waals surface area contributed by atoms with Gasteiger partial charge in [0, 0.05) is 18.5 Å². The van der Waals surface area contributed by atoms with Gasteiger partial charge in [-0.2, -0.15) is 0 Å². The van der Waals surface area contributed by atoms with Crippen LogP contribution in [0.2, 0.25) is 0 Å². The van der Waals surface area contributed by atoms with E-state index in [-0.39, 0.29) is 11.9 Å². The highest BCUT2D eigenvalue weighted by molar-refractivity contribution is 5.92. The van der Waals surface area contributed by atoms with E-state index in [0.717, 1.165) is 37.9 Å². The maximum absolute atomic E-state index is 12.6. The number of ether oxygens (including phenoxy) is 1. The van der Waals surface area contributed by atoms with Gasteiger partial charge in [-0.1, -0.05) is 0 Å². The Hall–Kier alpha value is -1.65. The summed E-state index contributed by atoms with van der Waals surface area (Å²) in [4.78, 5) is 23.4. The molecule has 2 saturated carbocycles. The maximum atomic E-state index is 12.6. The standard InChI is InChI=1S/C17H22N3O2/c1-11-3-2-8-20(11)17(21)14-9-18-15(13-6-7-13)16(19-14)22-10-12-4-5-12/h9,11-13H,1-8,10H2/t11-/m0/s1. The first-order chi connectivity index (χ1) is 10.7. The largest absolute Gasteiger partial charge is 0.476 e. The molecule has 0 bridgehead atoms.